The summed E-state index contributed by atoms with van der Waals surface area (Å²) >= 11 is 1.47. The number of hydrogen-bond acceptors (Lipinski definition) is 10. The average Bonchev–Trinajstić information content (AvgIpc) is 3.71. The van der Waals surface area contributed by atoms with E-state index < -0.39 is 50.7 Å². The van der Waals surface area contributed by atoms with E-state index in [2.05, 4.69) is 67.6 Å². The Morgan fingerprint density at radius 3 is 2.24 bits per heavy atom. The highest BCUT2D eigenvalue weighted by atomic mass is 32.2. The van der Waals surface area contributed by atoms with Gasteiger partial charge >= 0.3 is 0 Å². The molecule has 0 spiro atoms. The predicted octanol–water partition coefficient (Wildman–Crippen LogP) is 6.81. The fourth-order valence-electron chi connectivity index (χ4n) is 7.75. The van der Waals surface area contributed by atoms with Crippen LogP contribution in [0.5, 0.6) is 0 Å². The molecule has 2 fully saturated rings. The first-order valence-corrected chi connectivity index (χ1v) is 21.5. The highest BCUT2D eigenvalue weighted by Crippen LogP contribution is 2.45. The number of methoxy groups -OCH3 is 2. The molecule has 2 aromatic heterocycles. The molecule has 1 saturated heterocycles. The molecule has 3 heterocycles. The van der Waals surface area contributed by atoms with Gasteiger partial charge in [0.2, 0.25) is 0 Å². The Bertz CT molecular complexity index is 2030. The summed E-state index contributed by atoms with van der Waals surface area (Å²) in [5.41, 5.74) is 1.38. The minimum atomic E-state index is -3.05. The number of anilines is 1. The number of halogens is 3. The molecule has 3 aromatic carbocycles. The van der Waals surface area contributed by atoms with Gasteiger partial charge in [0.05, 0.1) is 6.61 Å². The zero-order valence-corrected chi connectivity index (χ0v) is 33.6. The van der Waals surface area contributed by atoms with Crippen molar-refractivity contribution in [3.63, 3.8) is 0 Å². The number of thioether (sulfide) groups is 1. The van der Waals surface area contributed by atoms with Crippen molar-refractivity contribution in [2.45, 2.75) is 93.4 Å². The number of nitrogens with one attached hydrogen (secondary N) is 1. The standard InChI is InChI=1S/C40H47F3N6O4SSi/c1-7-20-54-39-45-36(44-30-22-27(30)24-18-19-28(41)29(42)21-24)33-37(46-39)49(48-47-33)34-31(53-35(32(34)43)38(50-5)51-6)23-52-55(40(2,3)4,25-14-10-8-11-15-25)26-16-12-9-13-17-26/h8-19,21,27,30-32,34-35,38H,7,20,22-23H2,1-6H3,(H,44,45,46)/t27-,30+,31-,32-,34-,35+/m0/s1. The SMILES string of the molecule is CCCSc1nc(N[C@@H]2C[C@H]2c2ccc(F)c(F)c2)c2nnn([C@@H]3[C@H](F)[C@H](C(OC)OC)O[C@H]3CO[Si](c3ccccc3)(c3ccccc3)C(C)(C)C)c2n1. The first-order chi connectivity index (χ1) is 26.5. The number of nitrogens with zero attached hydrogens (tertiary/aromatic N) is 5. The molecule has 0 unspecified atom stereocenters. The van der Waals surface area contributed by atoms with Crippen molar-refractivity contribution in [1.82, 2.24) is 25.0 Å². The van der Waals surface area contributed by atoms with Crippen LogP contribution in [0.2, 0.25) is 5.04 Å². The van der Waals surface area contributed by atoms with Crippen LogP contribution < -0.4 is 15.7 Å². The lowest BCUT2D eigenvalue weighted by Crippen LogP contribution is -2.67. The summed E-state index contributed by atoms with van der Waals surface area (Å²) in [7, 11) is -0.155. The van der Waals surface area contributed by atoms with Gasteiger partial charge in [-0.05, 0) is 45.9 Å². The second-order valence-electron chi connectivity index (χ2n) is 15.1. The largest absolute Gasteiger partial charge is 0.405 e. The van der Waals surface area contributed by atoms with Gasteiger partial charge in [0.1, 0.15) is 18.2 Å². The van der Waals surface area contributed by atoms with Crippen LogP contribution in [0.4, 0.5) is 19.0 Å². The molecule has 0 bridgehead atoms. The molecule has 292 valence electrons. The van der Waals surface area contributed by atoms with Crippen molar-refractivity contribution in [3.8, 4) is 0 Å². The van der Waals surface area contributed by atoms with E-state index in [0.29, 0.717) is 34.1 Å². The topological polar surface area (TPSA) is 105 Å². The molecule has 10 nitrogen and oxygen atoms in total. The molecule has 1 aliphatic heterocycles. The van der Waals surface area contributed by atoms with E-state index in [1.807, 2.05) is 36.4 Å². The molecule has 1 N–H and O–H groups in total. The quantitative estimate of drug-likeness (QED) is 0.0527. The lowest BCUT2D eigenvalue weighted by Gasteiger charge is -2.43. The summed E-state index contributed by atoms with van der Waals surface area (Å²) in [4.78, 5) is 9.66. The summed E-state index contributed by atoms with van der Waals surface area (Å²) in [5.74, 6) is -0.634. The molecule has 1 aliphatic carbocycles. The van der Waals surface area contributed by atoms with Crippen LogP contribution in [-0.2, 0) is 18.6 Å². The van der Waals surface area contributed by atoms with Gasteiger partial charge < -0.3 is 24.0 Å². The van der Waals surface area contributed by atoms with Crippen LogP contribution in [0, 0.1) is 11.6 Å². The van der Waals surface area contributed by atoms with Crippen molar-refractivity contribution in [3.05, 3.63) is 96.1 Å². The van der Waals surface area contributed by atoms with Crippen molar-refractivity contribution >= 4 is 47.4 Å². The van der Waals surface area contributed by atoms with E-state index in [9.17, 15) is 8.78 Å². The Morgan fingerprint density at radius 2 is 1.64 bits per heavy atom. The van der Waals surface area contributed by atoms with Crippen molar-refractivity contribution in [1.29, 1.82) is 0 Å². The van der Waals surface area contributed by atoms with Crippen LogP contribution in [0.25, 0.3) is 11.2 Å². The minimum absolute atomic E-state index is 0.0297. The second-order valence-corrected chi connectivity index (χ2v) is 20.4. The van der Waals surface area contributed by atoms with Gasteiger partial charge in [0.15, 0.2) is 46.2 Å². The van der Waals surface area contributed by atoms with Crippen LogP contribution in [0.15, 0.2) is 84.0 Å². The molecular formula is C40H47F3N6O4SSi. The first-order valence-electron chi connectivity index (χ1n) is 18.6. The van der Waals surface area contributed by atoms with E-state index in [0.717, 1.165) is 28.6 Å². The van der Waals surface area contributed by atoms with Gasteiger partial charge in [-0.3, -0.25) is 0 Å². The van der Waals surface area contributed by atoms with Crippen LogP contribution in [0.1, 0.15) is 58.1 Å². The smallest absolute Gasteiger partial charge is 0.261 e. The van der Waals surface area contributed by atoms with Crippen molar-refractivity contribution in [2.24, 2.45) is 0 Å². The van der Waals surface area contributed by atoms with E-state index in [1.54, 1.807) is 6.07 Å². The van der Waals surface area contributed by atoms with Crippen LogP contribution in [-0.4, -0.2) is 90.6 Å². The minimum Gasteiger partial charge on any atom is -0.405 e. The average molecular weight is 793 g/mol. The fourth-order valence-corrected chi connectivity index (χ4v) is 13.0. The van der Waals surface area contributed by atoms with Gasteiger partial charge in [0.25, 0.3) is 8.32 Å². The molecule has 55 heavy (non-hydrogen) atoms. The number of ether oxygens (including phenoxy) is 3. The Morgan fingerprint density at radius 1 is 0.964 bits per heavy atom. The summed E-state index contributed by atoms with van der Waals surface area (Å²) in [6.07, 6.45) is -3.04. The number of benzene rings is 3. The number of fused-ring (bicyclic) bond motifs is 1. The van der Waals surface area contributed by atoms with E-state index in [-0.39, 0.29) is 23.6 Å². The van der Waals surface area contributed by atoms with Crippen molar-refractivity contribution < 1.29 is 31.8 Å². The molecule has 7 rings (SSSR count). The van der Waals surface area contributed by atoms with Gasteiger partial charge in [-0.25, -0.2) is 27.8 Å². The number of hydrogen-bond donors (Lipinski definition) is 1. The highest BCUT2D eigenvalue weighted by molar-refractivity contribution is 7.99. The molecule has 2 aliphatic rings. The Hall–Kier alpha value is -3.86. The Labute approximate surface area is 324 Å². The van der Waals surface area contributed by atoms with Gasteiger partial charge in [-0.15, -0.1) is 5.10 Å². The van der Waals surface area contributed by atoms with E-state index in [1.165, 1.54) is 36.7 Å². The molecule has 0 amide bonds. The highest BCUT2D eigenvalue weighted by Gasteiger charge is 2.55. The molecular weight excluding hydrogens is 746 g/mol. The van der Waals surface area contributed by atoms with Gasteiger partial charge in [0, 0.05) is 31.9 Å². The lowest BCUT2D eigenvalue weighted by atomic mass is 10.1. The lowest BCUT2D eigenvalue weighted by molar-refractivity contribution is -0.187. The molecule has 0 radical (unpaired) electrons. The third-order valence-electron chi connectivity index (χ3n) is 10.5. The van der Waals surface area contributed by atoms with E-state index >= 15 is 4.39 Å². The predicted molar refractivity (Wildman–Crippen MR) is 209 cm³/mol. The number of rotatable bonds is 15. The van der Waals surface area contributed by atoms with E-state index in [4.69, 9.17) is 28.6 Å². The zero-order valence-electron chi connectivity index (χ0n) is 31.8. The maximum absolute atomic E-state index is 17.1. The zero-order chi connectivity index (χ0) is 38.9. The summed E-state index contributed by atoms with van der Waals surface area (Å²) < 4.78 is 71.2. The third-order valence-corrected chi connectivity index (χ3v) is 16.5. The summed E-state index contributed by atoms with van der Waals surface area (Å²) in [5, 5.41) is 14.8. The Kier molecular flexibility index (Phi) is 11.7. The third kappa shape index (κ3) is 7.66. The second kappa shape index (κ2) is 16.3. The monoisotopic (exact) mass is 792 g/mol. The summed E-state index contributed by atoms with van der Waals surface area (Å²) in [6.45, 7) is 8.64. The summed E-state index contributed by atoms with van der Waals surface area (Å²) in [6, 6.07) is 23.3. The first kappa shape index (κ1) is 39.4. The molecule has 1 saturated carbocycles. The normalized spacial score (nSPS) is 22.8. The number of alkyl halides is 1. The maximum atomic E-state index is 17.1. The molecule has 15 heteroatoms. The maximum Gasteiger partial charge on any atom is 0.261 e. The molecule has 6 atom stereocenters. The van der Waals surface area contributed by atoms with Crippen LogP contribution >= 0.6 is 11.8 Å². The van der Waals surface area contributed by atoms with Crippen LogP contribution in [0.3, 0.4) is 0 Å². The molecule has 5 aromatic rings. The Balaban J connectivity index is 1.27. The van der Waals surface area contributed by atoms with Crippen molar-refractivity contribution in [2.75, 3.05) is 31.9 Å². The number of aromatic nitrogens is 5. The van der Waals surface area contributed by atoms with Gasteiger partial charge in [-0.2, -0.15) is 0 Å². The van der Waals surface area contributed by atoms with Gasteiger partial charge in [-0.1, -0.05) is 111 Å². The fraction of sp³-hybridized carbons (Fsp3) is 0.450.